The molecular formula is C17H18N6O. The molecule has 1 atom stereocenters. The van der Waals surface area contributed by atoms with Crippen molar-refractivity contribution < 1.29 is 4.79 Å². The van der Waals surface area contributed by atoms with Gasteiger partial charge in [0.25, 0.3) is 0 Å². The third kappa shape index (κ3) is 3.01. The normalized spacial score (nSPS) is 17.8. The average molecular weight is 322 g/mol. The van der Waals surface area contributed by atoms with Crippen LogP contribution in [0, 0.1) is 0 Å². The summed E-state index contributed by atoms with van der Waals surface area (Å²) >= 11 is 0. The summed E-state index contributed by atoms with van der Waals surface area (Å²) in [4.78, 5) is 21.3. The standard InChI is InChI=1S/C17H18N6O/c24-17(6-3-13-2-1-8-18-13)22-10-7-14(12-22)20-15-4-5-16-19-9-11-23(16)21-15/h1-6,8-9,11,14,18H,7,10,12H2,(H,20,21)/b6-3+. The molecule has 7 nitrogen and oxygen atoms in total. The van der Waals surface area contributed by atoms with Crippen molar-refractivity contribution in [2.45, 2.75) is 12.5 Å². The molecule has 4 heterocycles. The molecule has 0 saturated carbocycles. The van der Waals surface area contributed by atoms with Crippen LogP contribution in [0.5, 0.6) is 0 Å². The van der Waals surface area contributed by atoms with Crippen LogP contribution < -0.4 is 5.32 Å². The van der Waals surface area contributed by atoms with Crippen molar-refractivity contribution in [1.29, 1.82) is 0 Å². The highest BCUT2D eigenvalue weighted by Crippen LogP contribution is 2.15. The van der Waals surface area contributed by atoms with E-state index in [-0.39, 0.29) is 11.9 Å². The smallest absolute Gasteiger partial charge is 0.246 e. The third-order valence-electron chi connectivity index (χ3n) is 4.13. The summed E-state index contributed by atoms with van der Waals surface area (Å²) in [5, 5.41) is 7.85. The van der Waals surface area contributed by atoms with E-state index in [0.29, 0.717) is 6.54 Å². The molecule has 0 bridgehead atoms. The van der Waals surface area contributed by atoms with Crippen molar-refractivity contribution in [3.05, 3.63) is 54.6 Å². The van der Waals surface area contributed by atoms with E-state index in [1.807, 2.05) is 41.6 Å². The molecule has 0 radical (unpaired) electrons. The maximum absolute atomic E-state index is 12.2. The van der Waals surface area contributed by atoms with Gasteiger partial charge in [0.1, 0.15) is 5.82 Å². The number of aromatic nitrogens is 4. The van der Waals surface area contributed by atoms with Gasteiger partial charge < -0.3 is 15.2 Å². The lowest BCUT2D eigenvalue weighted by molar-refractivity contribution is -0.124. The van der Waals surface area contributed by atoms with Gasteiger partial charge in [0.2, 0.25) is 5.91 Å². The Bertz CT molecular complexity index is 866. The second kappa shape index (κ2) is 6.19. The number of likely N-dealkylation sites (tertiary alicyclic amines) is 1. The molecule has 3 aromatic heterocycles. The number of hydrogen-bond donors (Lipinski definition) is 2. The third-order valence-corrected chi connectivity index (χ3v) is 4.13. The van der Waals surface area contributed by atoms with Crippen LogP contribution in [0.2, 0.25) is 0 Å². The van der Waals surface area contributed by atoms with Gasteiger partial charge >= 0.3 is 0 Å². The van der Waals surface area contributed by atoms with Crippen LogP contribution >= 0.6 is 0 Å². The Morgan fingerprint density at radius 1 is 1.38 bits per heavy atom. The monoisotopic (exact) mass is 322 g/mol. The summed E-state index contributed by atoms with van der Waals surface area (Å²) < 4.78 is 1.74. The fourth-order valence-corrected chi connectivity index (χ4v) is 2.89. The molecule has 1 aliphatic rings. The molecule has 2 N–H and O–H groups in total. The quantitative estimate of drug-likeness (QED) is 0.718. The number of carbonyl (C=O) groups is 1. The number of nitrogens with one attached hydrogen (secondary N) is 2. The van der Waals surface area contributed by atoms with Crippen molar-refractivity contribution in [3.63, 3.8) is 0 Å². The number of H-pyrrole nitrogens is 1. The second-order valence-electron chi connectivity index (χ2n) is 5.82. The summed E-state index contributed by atoms with van der Waals surface area (Å²) in [6.45, 7) is 1.43. The number of aromatic amines is 1. The van der Waals surface area contributed by atoms with Gasteiger partial charge in [-0.15, -0.1) is 5.10 Å². The Balaban J connectivity index is 1.36. The van der Waals surface area contributed by atoms with E-state index in [1.54, 1.807) is 22.9 Å². The number of anilines is 1. The lowest BCUT2D eigenvalue weighted by Gasteiger charge is -2.15. The number of nitrogens with zero attached hydrogens (tertiary/aromatic N) is 4. The van der Waals surface area contributed by atoms with Gasteiger partial charge in [-0.1, -0.05) is 0 Å². The molecule has 1 fully saturated rings. The first-order valence-corrected chi connectivity index (χ1v) is 7.95. The SMILES string of the molecule is O=C(/C=C/c1ccc[nH]1)N1CCC(Nc2ccc3nccn3n2)C1. The first kappa shape index (κ1) is 14.5. The predicted molar refractivity (Wildman–Crippen MR) is 91.4 cm³/mol. The fraction of sp³-hybridized carbons (Fsp3) is 0.235. The number of amides is 1. The second-order valence-corrected chi connectivity index (χ2v) is 5.82. The zero-order valence-electron chi connectivity index (χ0n) is 13.1. The van der Waals surface area contributed by atoms with Crippen molar-refractivity contribution in [3.8, 4) is 0 Å². The highest BCUT2D eigenvalue weighted by Gasteiger charge is 2.25. The summed E-state index contributed by atoms with van der Waals surface area (Å²) in [5.74, 6) is 0.827. The number of fused-ring (bicyclic) bond motifs is 1. The molecule has 1 saturated heterocycles. The number of rotatable bonds is 4. The molecule has 122 valence electrons. The molecule has 0 aromatic carbocycles. The largest absolute Gasteiger partial charge is 0.364 e. The van der Waals surface area contributed by atoms with Gasteiger partial charge in [-0.25, -0.2) is 9.50 Å². The zero-order chi connectivity index (χ0) is 16.4. The summed E-state index contributed by atoms with van der Waals surface area (Å²) in [6, 6.07) is 7.88. The van der Waals surface area contributed by atoms with E-state index in [4.69, 9.17) is 0 Å². The van der Waals surface area contributed by atoms with Crippen LogP contribution in [0.3, 0.4) is 0 Å². The van der Waals surface area contributed by atoms with Gasteiger partial charge in [0.05, 0.1) is 0 Å². The Kier molecular flexibility index (Phi) is 3.74. The first-order valence-electron chi connectivity index (χ1n) is 7.95. The van der Waals surface area contributed by atoms with Gasteiger partial charge in [-0.2, -0.15) is 0 Å². The minimum Gasteiger partial charge on any atom is -0.364 e. The summed E-state index contributed by atoms with van der Waals surface area (Å²) in [5.41, 5.74) is 1.74. The van der Waals surface area contributed by atoms with E-state index in [2.05, 4.69) is 20.4 Å². The lowest BCUT2D eigenvalue weighted by atomic mass is 10.2. The van der Waals surface area contributed by atoms with Gasteiger partial charge in [0, 0.05) is 49.5 Å². The zero-order valence-corrected chi connectivity index (χ0v) is 13.1. The fourth-order valence-electron chi connectivity index (χ4n) is 2.89. The molecular weight excluding hydrogens is 304 g/mol. The molecule has 0 aliphatic carbocycles. The van der Waals surface area contributed by atoms with Crippen LogP contribution in [-0.4, -0.2) is 49.5 Å². The molecule has 0 spiro atoms. The Morgan fingerprint density at radius 3 is 3.21 bits per heavy atom. The molecule has 1 aliphatic heterocycles. The number of hydrogen-bond acceptors (Lipinski definition) is 4. The molecule has 1 unspecified atom stereocenters. The molecule has 4 rings (SSSR count). The van der Waals surface area contributed by atoms with E-state index >= 15 is 0 Å². The molecule has 1 amide bonds. The van der Waals surface area contributed by atoms with E-state index in [1.165, 1.54) is 0 Å². The van der Waals surface area contributed by atoms with Gasteiger partial charge in [-0.3, -0.25) is 4.79 Å². The molecule has 7 heteroatoms. The maximum Gasteiger partial charge on any atom is 0.246 e. The minimum absolute atomic E-state index is 0.0342. The highest BCUT2D eigenvalue weighted by atomic mass is 16.2. The van der Waals surface area contributed by atoms with Crippen LogP contribution in [-0.2, 0) is 4.79 Å². The summed E-state index contributed by atoms with van der Waals surface area (Å²) in [7, 11) is 0. The molecule has 3 aromatic rings. The van der Waals surface area contributed by atoms with Crippen LogP contribution in [0.1, 0.15) is 12.1 Å². The van der Waals surface area contributed by atoms with Crippen LogP contribution in [0.4, 0.5) is 5.82 Å². The Hall–Kier alpha value is -3.09. The highest BCUT2D eigenvalue weighted by molar-refractivity contribution is 5.91. The van der Waals surface area contributed by atoms with Crippen molar-refractivity contribution in [1.82, 2.24) is 24.5 Å². The first-order chi connectivity index (χ1) is 11.8. The van der Waals surface area contributed by atoms with Gasteiger partial charge in [-0.05, 0) is 36.8 Å². The van der Waals surface area contributed by atoms with E-state index in [0.717, 1.165) is 30.1 Å². The van der Waals surface area contributed by atoms with Crippen LogP contribution in [0.15, 0.2) is 48.9 Å². The predicted octanol–water partition coefficient (Wildman–Crippen LogP) is 1.78. The van der Waals surface area contributed by atoms with E-state index < -0.39 is 0 Å². The lowest BCUT2D eigenvalue weighted by Crippen LogP contribution is -2.30. The summed E-state index contributed by atoms with van der Waals surface area (Å²) in [6.07, 6.45) is 9.70. The molecule has 24 heavy (non-hydrogen) atoms. The van der Waals surface area contributed by atoms with E-state index in [9.17, 15) is 4.79 Å². The van der Waals surface area contributed by atoms with Crippen molar-refractivity contribution >= 4 is 23.4 Å². The van der Waals surface area contributed by atoms with Crippen LogP contribution in [0.25, 0.3) is 11.7 Å². The van der Waals surface area contributed by atoms with Crippen molar-refractivity contribution in [2.75, 3.05) is 18.4 Å². The number of carbonyl (C=O) groups excluding carboxylic acids is 1. The number of imidazole rings is 1. The minimum atomic E-state index is 0.0342. The Labute approximate surface area is 139 Å². The maximum atomic E-state index is 12.2. The van der Waals surface area contributed by atoms with Crippen molar-refractivity contribution in [2.24, 2.45) is 0 Å². The topological polar surface area (TPSA) is 78.3 Å². The van der Waals surface area contributed by atoms with Gasteiger partial charge in [0.15, 0.2) is 5.65 Å². The average Bonchev–Trinajstić information content (AvgIpc) is 3.33. The Morgan fingerprint density at radius 2 is 2.33 bits per heavy atom.